The van der Waals surface area contributed by atoms with Crippen molar-refractivity contribution in [2.24, 2.45) is 5.41 Å². The maximum absolute atomic E-state index is 8.94. The Kier molecular flexibility index (Phi) is 7.04. The van der Waals surface area contributed by atoms with Crippen LogP contribution >= 0.6 is 15.9 Å². The first-order chi connectivity index (χ1) is 9.48. The molecule has 0 unspecified atom stereocenters. The Morgan fingerprint density at radius 3 is 2.75 bits per heavy atom. The molecule has 0 aliphatic rings. The van der Waals surface area contributed by atoms with Gasteiger partial charge in [-0.1, -0.05) is 15.9 Å². The van der Waals surface area contributed by atoms with Gasteiger partial charge in [0.05, 0.1) is 18.1 Å². The fraction of sp³-hybridized carbons (Fsp3) is 0.562. The summed E-state index contributed by atoms with van der Waals surface area (Å²) in [4.78, 5) is 0. The van der Waals surface area contributed by atoms with Gasteiger partial charge < -0.3 is 10.1 Å². The largest absolute Gasteiger partial charge is 0.494 e. The van der Waals surface area contributed by atoms with Crippen LogP contribution in [0.25, 0.3) is 0 Å². The Labute approximate surface area is 130 Å². The van der Waals surface area contributed by atoms with Crippen molar-refractivity contribution < 1.29 is 4.74 Å². The van der Waals surface area contributed by atoms with Crippen LogP contribution in [-0.4, -0.2) is 13.7 Å². The monoisotopic (exact) mass is 338 g/mol. The number of ether oxygens (including phenoxy) is 1. The molecule has 0 radical (unpaired) electrons. The molecule has 110 valence electrons. The minimum atomic E-state index is -0.225. The Hall–Kier alpha value is -1.05. The van der Waals surface area contributed by atoms with Gasteiger partial charge in [-0.3, -0.25) is 0 Å². The van der Waals surface area contributed by atoms with Gasteiger partial charge in [0, 0.05) is 11.0 Å². The predicted octanol–water partition coefficient (Wildman–Crippen LogP) is 4.27. The van der Waals surface area contributed by atoms with Gasteiger partial charge in [0.1, 0.15) is 5.75 Å². The lowest BCUT2D eigenvalue weighted by molar-refractivity contribution is 0.294. The molecule has 1 aromatic carbocycles. The number of rotatable bonds is 8. The van der Waals surface area contributed by atoms with E-state index in [9.17, 15) is 0 Å². The van der Waals surface area contributed by atoms with E-state index in [-0.39, 0.29) is 5.41 Å². The van der Waals surface area contributed by atoms with E-state index < -0.39 is 0 Å². The van der Waals surface area contributed by atoms with Crippen LogP contribution in [-0.2, 0) is 6.54 Å². The summed E-state index contributed by atoms with van der Waals surface area (Å²) in [5, 5.41) is 12.1. The maximum Gasteiger partial charge on any atom is 0.119 e. The minimum absolute atomic E-state index is 0.225. The van der Waals surface area contributed by atoms with Gasteiger partial charge in [0.15, 0.2) is 0 Å². The first-order valence-electron chi connectivity index (χ1n) is 6.95. The topological polar surface area (TPSA) is 45.0 Å². The van der Waals surface area contributed by atoms with Crippen molar-refractivity contribution in [3.05, 3.63) is 28.2 Å². The first kappa shape index (κ1) is 17.0. The van der Waals surface area contributed by atoms with Gasteiger partial charge in [0.2, 0.25) is 0 Å². The molecule has 0 saturated carbocycles. The summed E-state index contributed by atoms with van der Waals surface area (Å²) in [6.07, 6.45) is 2.90. The second-order valence-corrected chi connectivity index (χ2v) is 6.44. The molecule has 0 bridgehead atoms. The van der Waals surface area contributed by atoms with Gasteiger partial charge in [-0.15, -0.1) is 0 Å². The fourth-order valence-corrected chi connectivity index (χ4v) is 2.27. The van der Waals surface area contributed by atoms with Crippen LogP contribution in [0.4, 0.5) is 0 Å². The Bertz CT molecular complexity index is 466. The molecule has 0 aliphatic heterocycles. The molecule has 0 fully saturated rings. The SMILES string of the molecule is CNCc1cc(OCCCCC(C)(C)C#N)ccc1Br. The lowest BCUT2D eigenvalue weighted by Gasteiger charge is -2.14. The predicted molar refractivity (Wildman–Crippen MR) is 85.6 cm³/mol. The fourth-order valence-electron chi connectivity index (χ4n) is 1.88. The summed E-state index contributed by atoms with van der Waals surface area (Å²) in [5.74, 6) is 0.901. The van der Waals surface area contributed by atoms with E-state index in [1.807, 2.05) is 33.0 Å². The van der Waals surface area contributed by atoms with Crippen LogP contribution < -0.4 is 10.1 Å². The summed E-state index contributed by atoms with van der Waals surface area (Å²) in [6.45, 7) is 5.47. The molecule has 3 nitrogen and oxygen atoms in total. The molecule has 1 N–H and O–H groups in total. The molecular formula is C16H23BrN2O. The number of unbranched alkanes of at least 4 members (excludes halogenated alkanes) is 1. The number of nitrogens with zero attached hydrogens (tertiary/aromatic N) is 1. The van der Waals surface area contributed by atoms with Crippen LogP contribution in [0.15, 0.2) is 22.7 Å². The molecule has 0 aromatic heterocycles. The maximum atomic E-state index is 8.94. The molecule has 0 saturated heterocycles. The van der Waals surface area contributed by atoms with E-state index in [2.05, 4.69) is 33.4 Å². The smallest absolute Gasteiger partial charge is 0.119 e. The zero-order chi connectivity index (χ0) is 15.0. The Morgan fingerprint density at radius 1 is 1.35 bits per heavy atom. The normalized spacial score (nSPS) is 11.2. The molecule has 1 rings (SSSR count). The zero-order valence-electron chi connectivity index (χ0n) is 12.5. The summed E-state index contributed by atoms with van der Waals surface area (Å²) in [6, 6.07) is 8.37. The number of nitriles is 1. The van der Waals surface area contributed by atoms with Crippen LogP contribution in [0.1, 0.15) is 38.7 Å². The van der Waals surface area contributed by atoms with Crippen LogP contribution in [0, 0.1) is 16.7 Å². The standard InChI is InChI=1S/C16H23BrN2O/c1-16(2,12-18)8-4-5-9-20-14-6-7-15(17)13(10-14)11-19-3/h6-7,10,19H,4-5,8-9,11H2,1-3H3. The van der Waals surface area contributed by atoms with Crippen molar-refractivity contribution in [3.8, 4) is 11.8 Å². The average Bonchev–Trinajstić information content (AvgIpc) is 2.42. The van der Waals surface area contributed by atoms with Crippen LogP contribution in [0.3, 0.4) is 0 Å². The Balaban J connectivity index is 2.36. The lowest BCUT2D eigenvalue weighted by atomic mass is 9.89. The lowest BCUT2D eigenvalue weighted by Crippen LogP contribution is -2.08. The molecule has 4 heteroatoms. The Morgan fingerprint density at radius 2 is 2.10 bits per heavy atom. The van der Waals surface area contributed by atoms with Gasteiger partial charge in [-0.25, -0.2) is 0 Å². The van der Waals surface area contributed by atoms with Gasteiger partial charge >= 0.3 is 0 Å². The van der Waals surface area contributed by atoms with Gasteiger partial charge in [-0.05, 0) is 63.9 Å². The van der Waals surface area contributed by atoms with Crippen molar-refractivity contribution in [2.75, 3.05) is 13.7 Å². The number of hydrogen-bond donors (Lipinski definition) is 1. The van der Waals surface area contributed by atoms with E-state index in [1.54, 1.807) is 0 Å². The second kappa shape index (κ2) is 8.28. The summed E-state index contributed by atoms with van der Waals surface area (Å²) in [5.41, 5.74) is 0.966. The van der Waals surface area contributed by atoms with Crippen molar-refractivity contribution in [1.29, 1.82) is 5.26 Å². The first-order valence-corrected chi connectivity index (χ1v) is 7.75. The molecule has 0 heterocycles. The third-order valence-corrected chi connectivity index (χ3v) is 3.93. The van der Waals surface area contributed by atoms with Crippen molar-refractivity contribution >= 4 is 15.9 Å². The molecule has 0 amide bonds. The highest BCUT2D eigenvalue weighted by molar-refractivity contribution is 9.10. The third-order valence-electron chi connectivity index (χ3n) is 3.15. The summed E-state index contributed by atoms with van der Waals surface area (Å²) < 4.78 is 6.86. The van der Waals surface area contributed by atoms with E-state index >= 15 is 0 Å². The van der Waals surface area contributed by atoms with E-state index in [0.717, 1.165) is 36.0 Å². The number of nitrogens with one attached hydrogen (secondary N) is 1. The molecule has 0 atom stereocenters. The molecule has 20 heavy (non-hydrogen) atoms. The molecular weight excluding hydrogens is 316 g/mol. The molecule has 0 spiro atoms. The second-order valence-electron chi connectivity index (χ2n) is 5.58. The highest BCUT2D eigenvalue weighted by Gasteiger charge is 2.15. The number of halogens is 1. The zero-order valence-corrected chi connectivity index (χ0v) is 14.1. The van der Waals surface area contributed by atoms with Gasteiger partial charge in [-0.2, -0.15) is 5.26 Å². The van der Waals surface area contributed by atoms with Gasteiger partial charge in [0.25, 0.3) is 0 Å². The molecule has 0 aliphatic carbocycles. The van der Waals surface area contributed by atoms with Crippen molar-refractivity contribution in [2.45, 2.75) is 39.7 Å². The highest BCUT2D eigenvalue weighted by atomic mass is 79.9. The van der Waals surface area contributed by atoms with Crippen molar-refractivity contribution in [1.82, 2.24) is 5.32 Å². The quantitative estimate of drug-likeness (QED) is 0.720. The van der Waals surface area contributed by atoms with Crippen LogP contribution in [0.2, 0.25) is 0 Å². The molecule has 1 aromatic rings. The van der Waals surface area contributed by atoms with E-state index in [4.69, 9.17) is 10.00 Å². The minimum Gasteiger partial charge on any atom is -0.494 e. The van der Waals surface area contributed by atoms with Crippen molar-refractivity contribution in [3.63, 3.8) is 0 Å². The number of benzene rings is 1. The van der Waals surface area contributed by atoms with E-state index in [1.165, 1.54) is 5.56 Å². The summed E-state index contributed by atoms with van der Waals surface area (Å²) in [7, 11) is 1.93. The highest BCUT2D eigenvalue weighted by Crippen LogP contribution is 2.24. The average molecular weight is 339 g/mol. The summed E-state index contributed by atoms with van der Waals surface area (Å²) >= 11 is 3.53. The third kappa shape index (κ3) is 5.94. The number of hydrogen-bond acceptors (Lipinski definition) is 3. The van der Waals surface area contributed by atoms with Crippen LogP contribution in [0.5, 0.6) is 5.75 Å². The van der Waals surface area contributed by atoms with E-state index in [0.29, 0.717) is 6.61 Å².